The maximum atomic E-state index is 10.8. The van der Waals surface area contributed by atoms with E-state index in [9.17, 15) is 9.90 Å². The molecule has 5 nitrogen and oxygen atoms in total. The van der Waals surface area contributed by atoms with Crippen molar-refractivity contribution in [2.24, 2.45) is 5.92 Å². The lowest BCUT2D eigenvalue weighted by Crippen LogP contribution is -2.40. The second-order valence-electron chi connectivity index (χ2n) is 4.61. The van der Waals surface area contributed by atoms with Crippen molar-refractivity contribution in [1.29, 1.82) is 0 Å². The molecule has 1 fully saturated rings. The molecule has 17 heavy (non-hydrogen) atoms. The number of aliphatic carboxylic acids is 1. The number of rotatable bonds is 7. The standard InChI is InChI=1S/C12H23NO4/c1-2-17-8-11(14)7-13-10-5-3-9(4-6-10)12(15)16/h9-11,13-14H,2-8H2,1H3,(H,15,16). The van der Waals surface area contributed by atoms with E-state index < -0.39 is 12.1 Å². The van der Waals surface area contributed by atoms with Crippen LogP contribution in [0.5, 0.6) is 0 Å². The number of nitrogens with one attached hydrogen (secondary N) is 1. The summed E-state index contributed by atoms with van der Waals surface area (Å²) in [5, 5.41) is 21.7. The van der Waals surface area contributed by atoms with E-state index in [0.717, 1.165) is 25.7 Å². The predicted molar refractivity (Wildman–Crippen MR) is 63.9 cm³/mol. The van der Waals surface area contributed by atoms with Crippen LogP contribution >= 0.6 is 0 Å². The zero-order valence-corrected chi connectivity index (χ0v) is 10.4. The minimum absolute atomic E-state index is 0.179. The molecule has 0 bridgehead atoms. The van der Waals surface area contributed by atoms with Crippen LogP contribution < -0.4 is 5.32 Å². The third-order valence-corrected chi connectivity index (χ3v) is 3.23. The summed E-state index contributed by atoms with van der Waals surface area (Å²) in [7, 11) is 0. The van der Waals surface area contributed by atoms with Gasteiger partial charge >= 0.3 is 5.97 Å². The third kappa shape index (κ3) is 5.48. The highest BCUT2D eigenvalue weighted by Gasteiger charge is 2.25. The van der Waals surface area contributed by atoms with Gasteiger partial charge in [-0.05, 0) is 32.6 Å². The average Bonchev–Trinajstić information content (AvgIpc) is 2.34. The normalized spacial score (nSPS) is 26.7. The fourth-order valence-corrected chi connectivity index (χ4v) is 2.16. The molecular weight excluding hydrogens is 222 g/mol. The van der Waals surface area contributed by atoms with Crippen LogP contribution in [0.2, 0.25) is 0 Å². The highest BCUT2D eigenvalue weighted by atomic mass is 16.5. The van der Waals surface area contributed by atoms with Gasteiger partial charge in [0.1, 0.15) is 0 Å². The van der Waals surface area contributed by atoms with Gasteiger partial charge in [0.25, 0.3) is 0 Å². The fourth-order valence-electron chi connectivity index (χ4n) is 2.16. The zero-order chi connectivity index (χ0) is 12.7. The van der Waals surface area contributed by atoms with Gasteiger partial charge in [-0.2, -0.15) is 0 Å². The second kappa shape index (κ2) is 7.63. The monoisotopic (exact) mass is 245 g/mol. The van der Waals surface area contributed by atoms with Crippen LogP contribution in [0.1, 0.15) is 32.6 Å². The van der Waals surface area contributed by atoms with Gasteiger partial charge in [0, 0.05) is 19.2 Å². The van der Waals surface area contributed by atoms with Gasteiger partial charge in [-0.3, -0.25) is 4.79 Å². The Labute approximate surface area is 102 Å². The number of ether oxygens (including phenoxy) is 1. The van der Waals surface area contributed by atoms with Gasteiger partial charge in [0.15, 0.2) is 0 Å². The average molecular weight is 245 g/mol. The Morgan fingerprint density at radius 2 is 2.06 bits per heavy atom. The number of carboxylic acid groups (broad SMARTS) is 1. The molecule has 0 aliphatic heterocycles. The fraction of sp³-hybridized carbons (Fsp3) is 0.917. The Hall–Kier alpha value is -0.650. The number of aliphatic hydroxyl groups is 1. The molecule has 0 saturated heterocycles. The third-order valence-electron chi connectivity index (χ3n) is 3.23. The number of aliphatic hydroxyl groups excluding tert-OH is 1. The maximum absolute atomic E-state index is 10.8. The quantitative estimate of drug-likeness (QED) is 0.612. The number of carboxylic acids is 1. The molecule has 0 aromatic carbocycles. The minimum atomic E-state index is -0.681. The Kier molecular flexibility index (Phi) is 6.47. The molecule has 5 heteroatoms. The lowest BCUT2D eigenvalue weighted by Gasteiger charge is -2.27. The molecule has 1 atom stereocenters. The first kappa shape index (κ1) is 14.4. The van der Waals surface area contributed by atoms with E-state index in [1.807, 2.05) is 6.92 Å². The van der Waals surface area contributed by atoms with E-state index in [2.05, 4.69) is 5.32 Å². The summed E-state index contributed by atoms with van der Waals surface area (Å²) in [6.07, 6.45) is 2.73. The van der Waals surface area contributed by atoms with Gasteiger partial charge in [0.2, 0.25) is 0 Å². The number of hydrogen-bond acceptors (Lipinski definition) is 4. The van der Waals surface area contributed by atoms with Crippen LogP contribution in [-0.2, 0) is 9.53 Å². The minimum Gasteiger partial charge on any atom is -0.481 e. The Morgan fingerprint density at radius 1 is 1.41 bits per heavy atom. The molecule has 100 valence electrons. The summed E-state index contributed by atoms with van der Waals surface area (Å²) in [6, 6.07) is 0.335. The van der Waals surface area contributed by atoms with Crippen molar-refractivity contribution < 1.29 is 19.7 Å². The molecule has 0 heterocycles. The Balaban J connectivity index is 2.11. The molecule has 0 aromatic heterocycles. The first-order valence-electron chi connectivity index (χ1n) is 6.35. The van der Waals surface area contributed by atoms with Crippen LogP contribution in [0.25, 0.3) is 0 Å². The van der Waals surface area contributed by atoms with Crippen LogP contribution in [0, 0.1) is 5.92 Å². The highest BCUT2D eigenvalue weighted by molar-refractivity contribution is 5.70. The summed E-state index contributed by atoms with van der Waals surface area (Å²) >= 11 is 0. The predicted octanol–water partition coefficient (Wildman–Crippen LogP) is 0.617. The van der Waals surface area contributed by atoms with Crippen molar-refractivity contribution in [3.05, 3.63) is 0 Å². The van der Waals surface area contributed by atoms with E-state index in [-0.39, 0.29) is 5.92 Å². The van der Waals surface area contributed by atoms with Crippen LogP contribution in [0.4, 0.5) is 0 Å². The Bertz CT molecular complexity index is 227. The van der Waals surface area contributed by atoms with Gasteiger partial charge in [-0.25, -0.2) is 0 Å². The van der Waals surface area contributed by atoms with Gasteiger partial charge in [-0.1, -0.05) is 0 Å². The molecule has 0 radical (unpaired) electrons. The van der Waals surface area contributed by atoms with Gasteiger partial charge in [0.05, 0.1) is 18.6 Å². The molecule has 0 aromatic rings. The molecule has 1 rings (SSSR count). The second-order valence-corrected chi connectivity index (χ2v) is 4.61. The van der Waals surface area contributed by atoms with Crippen molar-refractivity contribution in [2.75, 3.05) is 19.8 Å². The van der Waals surface area contributed by atoms with Crippen LogP contribution in [0.3, 0.4) is 0 Å². The van der Waals surface area contributed by atoms with Crippen molar-refractivity contribution >= 4 is 5.97 Å². The molecule has 1 aliphatic rings. The topological polar surface area (TPSA) is 78.8 Å². The summed E-state index contributed by atoms with van der Waals surface area (Å²) in [5.41, 5.74) is 0. The lowest BCUT2D eigenvalue weighted by atomic mass is 9.86. The van der Waals surface area contributed by atoms with Crippen molar-refractivity contribution in [3.8, 4) is 0 Å². The SMILES string of the molecule is CCOCC(O)CNC1CCC(C(=O)O)CC1. The zero-order valence-electron chi connectivity index (χ0n) is 10.4. The maximum Gasteiger partial charge on any atom is 0.306 e. The molecular formula is C12H23NO4. The molecule has 0 amide bonds. The van der Waals surface area contributed by atoms with E-state index in [1.165, 1.54) is 0 Å². The molecule has 0 spiro atoms. The summed E-state index contributed by atoms with van der Waals surface area (Å²) < 4.78 is 5.12. The summed E-state index contributed by atoms with van der Waals surface area (Å²) in [6.45, 7) is 3.38. The number of hydrogen-bond donors (Lipinski definition) is 3. The van der Waals surface area contributed by atoms with Crippen molar-refractivity contribution in [3.63, 3.8) is 0 Å². The largest absolute Gasteiger partial charge is 0.481 e. The lowest BCUT2D eigenvalue weighted by molar-refractivity contribution is -0.142. The summed E-state index contributed by atoms with van der Waals surface area (Å²) in [4.78, 5) is 10.8. The van der Waals surface area contributed by atoms with Crippen molar-refractivity contribution in [1.82, 2.24) is 5.32 Å². The van der Waals surface area contributed by atoms with E-state index in [1.54, 1.807) is 0 Å². The van der Waals surface area contributed by atoms with E-state index >= 15 is 0 Å². The van der Waals surface area contributed by atoms with Crippen LogP contribution in [-0.4, -0.2) is 48.1 Å². The van der Waals surface area contributed by atoms with Crippen molar-refractivity contribution in [2.45, 2.75) is 44.8 Å². The van der Waals surface area contributed by atoms with E-state index in [4.69, 9.17) is 9.84 Å². The first-order valence-corrected chi connectivity index (χ1v) is 6.35. The first-order chi connectivity index (χ1) is 8.13. The molecule has 3 N–H and O–H groups in total. The van der Waals surface area contributed by atoms with E-state index in [0.29, 0.717) is 25.8 Å². The molecule has 1 unspecified atom stereocenters. The van der Waals surface area contributed by atoms with Gasteiger partial charge in [-0.15, -0.1) is 0 Å². The molecule has 1 saturated carbocycles. The van der Waals surface area contributed by atoms with Gasteiger partial charge < -0.3 is 20.3 Å². The summed E-state index contributed by atoms with van der Waals surface area (Å²) in [5.74, 6) is -0.860. The number of carbonyl (C=O) groups is 1. The molecule has 1 aliphatic carbocycles. The van der Waals surface area contributed by atoms with Crippen LogP contribution in [0.15, 0.2) is 0 Å². The highest BCUT2D eigenvalue weighted by Crippen LogP contribution is 2.24. The smallest absolute Gasteiger partial charge is 0.306 e. The Morgan fingerprint density at radius 3 is 2.59 bits per heavy atom.